The summed E-state index contributed by atoms with van der Waals surface area (Å²) in [4.78, 5) is 14.2. The van der Waals surface area contributed by atoms with E-state index < -0.39 is 5.54 Å². The summed E-state index contributed by atoms with van der Waals surface area (Å²) in [6, 6.07) is 8.12. The van der Waals surface area contributed by atoms with Crippen LogP contribution in [0.5, 0.6) is 5.75 Å². The standard InChI is InChI=1S/C16H23N3O2.2ClH/c1-21-14-4-2-3-13(9-14)19-8-5-12(11-19)10-18-15(20)16(17)6-7-16;;/h2-4,9,12H,5-8,10-11,17H2,1H3,(H,18,20);2*1H. The van der Waals surface area contributed by atoms with E-state index in [1.54, 1.807) is 7.11 Å². The third-order valence-electron chi connectivity index (χ3n) is 4.50. The van der Waals surface area contributed by atoms with E-state index in [-0.39, 0.29) is 30.7 Å². The SMILES string of the molecule is COc1cccc(N2CCC(CNC(=O)C3(N)CC3)C2)c1.Cl.Cl. The molecule has 1 unspecified atom stereocenters. The van der Waals surface area contributed by atoms with Gasteiger partial charge < -0.3 is 20.7 Å². The van der Waals surface area contributed by atoms with E-state index in [9.17, 15) is 4.79 Å². The molecule has 0 aromatic heterocycles. The van der Waals surface area contributed by atoms with Crippen molar-refractivity contribution in [2.45, 2.75) is 24.8 Å². The lowest BCUT2D eigenvalue weighted by molar-refractivity contribution is -0.123. The second-order valence-electron chi connectivity index (χ2n) is 6.17. The first-order valence-electron chi connectivity index (χ1n) is 7.57. The number of methoxy groups -OCH3 is 1. The van der Waals surface area contributed by atoms with E-state index in [0.717, 1.165) is 44.6 Å². The van der Waals surface area contributed by atoms with Gasteiger partial charge in [0.1, 0.15) is 5.75 Å². The number of hydrogen-bond acceptors (Lipinski definition) is 4. The molecule has 23 heavy (non-hydrogen) atoms. The summed E-state index contributed by atoms with van der Waals surface area (Å²) in [5.74, 6) is 1.38. The molecule has 1 saturated carbocycles. The zero-order valence-corrected chi connectivity index (χ0v) is 14.9. The molecule has 130 valence electrons. The topological polar surface area (TPSA) is 67.6 Å². The van der Waals surface area contributed by atoms with Crippen LogP contribution in [0.1, 0.15) is 19.3 Å². The molecule has 1 aromatic rings. The maximum atomic E-state index is 11.9. The highest BCUT2D eigenvalue weighted by molar-refractivity contribution is 5.88. The van der Waals surface area contributed by atoms with Crippen LogP contribution in [-0.4, -0.2) is 38.2 Å². The van der Waals surface area contributed by atoms with Gasteiger partial charge in [0.15, 0.2) is 0 Å². The van der Waals surface area contributed by atoms with Crippen molar-refractivity contribution in [1.82, 2.24) is 5.32 Å². The van der Waals surface area contributed by atoms with E-state index in [1.165, 1.54) is 5.69 Å². The molecule has 1 heterocycles. The molecule has 0 bridgehead atoms. The van der Waals surface area contributed by atoms with Gasteiger partial charge in [-0.3, -0.25) is 4.79 Å². The van der Waals surface area contributed by atoms with Crippen molar-refractivity contribution in [3.05, 3.63) is 24.3 Å². The minimum absolute atomic E-state index is 0. The first-order chi connectivity index (χ1) is 10.1. The Bertz CT molecular complexity index is 538. The van der Waals surface area contributed by atoms with Crippen LogP contribution in [0.15, 0.2) is 24.3 Å². The highest BCUT2D eigenvalue weighted by atomic mass is 35.5. The van der Waals surface area contributed by atoms with Crippen molar-refractivity contribution in [3.8, 4) is 5.75 Å². The van der Waals surface area contributed by atoms with Crippen LogP contribution >= 0.6 is 24.8 Å². The maximum absolute atomic E-state index is 11.9. The first kappa shape index (κ1) is 19.9. The Morgan fingerprint density at radius 2 is 2.17 bits per heavy atom. The third-order valence-corrected chi connectivity index (χ3v) is 4.50. The molecular formula is C16H25Cl2N3O2. The Morgan fingerprint density at radius 1 is 1.43 bits per heavy atom. The average molecular weight is 362 g/mol. The van der Waals surface area contributed by atoms with Crippen LogP contribution in [0.2, 0.25) is 0 Å². The van der Waals surface area contributed by atoms with E-state index >= 15 is 0 Å². The predicted octanol–water partition coefficient (Wildman–Crippen LogP) is 1.97. The van der Waals surface area contributed by atoms with Crippen LogP contribution in [0.4, 0.5) is 5.69 Å². The summed E-state index contributed by atoms with van der Waals surface area (Å²) >= 11 is 0. The van der Waals surface area contributed by atoms with E-state index in [1.807, 2.05) is 12.1 Å². The Kier molecular flexibility index (Phi) is 6.99. The number of ether oxygens (including phenoxy) is 1. The fourth-order valence-corrected chi connectivity index (χ4v) is 2.82. The van der Waals surface area contributed by atoms with Gasteiger partial charge in [-0.2, -0.15) is 0 Å². The quantitative estimate of drug-likeness (QED) is 0.841. The number of nitrogens with two attached hydrogens (primary N) is 1. The van der Waals surface area contributed by atoms with Gasteiger partial charge in [-0.05, 0) is 37.3 Å². The van der Waals surface area contributed by atoms with Crippen LogP contribution in [0.3, 0.4) is 0 Å². The number of nitrogens with one attached hydrogen (secondary N) is 1. The molecule has 5 nitrogen and oxygen atoms in total. The van der Waals surface area contributed by atoms with Crippen LogP contribution < -0.4 is 20.7 Å². The van der Waals surface area contributed by atoms with Crippen molar-refractivity contribution < 1.29 is 9.53 Å². The average Bonchev–Trinajstić information content (AvgIpc) is 3.09. The summed E-state index contributed by atoms with van der Waals surface area (Å²) < 4.78 is 5.27. The van der Waals surface area contributed by atoms with Gasteiger partial charge in [-0.25, -0.2) is 0 Å². The number of nitrogens with zero attached hydrogens (tertiary/aromatic N) is 1. The van der Waals surface area contributed by atoms with Crippen molar-refractivity contribution in [2.24, 2.45) is 11.7 Å². The molecule has 1 aliphatic carbocycles. The highest BCUT2D eigenvalue weighted by Crippen LogP contribution is 2.32. The van der Waals surface area contributed by atoms with Gasteiger partial charge in [0.2, 0.25) is 5.91 Å². The minimum atomic E-state index is -0.564. The zero-order valence-electron chi connectivity index (χ0n) is 13.3. The van der Waals surface area contributed by atoms with Crippen molar-refractivity contribution >= 4 is 36.4 Å². The Hall–Kier alpha value is -1.17. The number of rotatable bonds is 5. The molecule has 1 amide bonds. The molecule has 1 aromatic carbocycles. The van der Waals surface area contributed by atoms with E-state index in [4.69, 9.17) is 10.5 Å². The van der Waals surface area contributed by atoms with Gasteiger partial charge in [-0.1, -0.05) is 6.07 Å². The van der Waals surface area contributed by atoms with Gasteiger partial charge in [-0.15, -0.1) is 24.8 Å². The van der Waals surface area contributed by atoms with E-state index in [2.05, 4.69) is 22.3 Å². The summed E-state index contributed by atoms with van der Waals surface area (Å²) in [6.45, 7) is 2.70. The summed E-state index contributed by atoms with van der Waals surface area (Å²) in [6.07, 6.45) is 2.73. The normalized spacial score (nSPS) is 21.0. The fraction of sp³-hybridized carbons (Fsp3) is 0.562. The van der Waals surface area contributed by atoms with Gasteiger partial charge in [0.05, 0.1) is 12.6 Å². The minimum Gasteiger partial charge on any atom is -0.497 e. The predicted molar refractivity (Wildman–Crippen MR) is 97.0 cm³/mol. The smallest absolute Gasteiger partial charge is 0.240 e. The Morgan fingerprint density at radius 3 is 2.83 bits per heavy atom. The number of halogens is 2. The van der Waals surface area contributed by atoms with Crippen LogP contribution in [-0.2, 0) is 4.79 Å². The zero-order chi connectivity index (χ0) is 14.9. The molecule has 3 N–H and O–H groups in total. The van der Waals surface area contributed by atoms with Gasteiger partial charge in [0, 0.05) is 31.4 Å². The Labute approximate surface area is 149 Å². The molecule has 1 atom stereocenters. The van der Waals surface area contributed by atoms with E-state index in [0.29, 0.717) is 5.92 Å². The second kappa shape index (κ2) is 8.08. The highest BCUT2D eigenvalue weighted by Gasteiger charge is 2.45. The molecule has 7 heteroatoms. The second-order valence-corrected chi connectivity index (χ2v) is 6.17. The van der Waals surface area contributed by atoms with Gasteiger partial charge in [0.25, 0.3) is 0 Å². The lowest BCUT2D eigenvalue weighted by atomic mass is 10.1. The number of carbonyl (C=O) groups excluding carboxylic acids is 1. The van der Waals surface area contributed by atoms with Crippen LogP contribution in [0, 0.1) is 5.92 Å². The van der Waals surface area contributed by atoms with Crippen molar-refractivity contribution in [1.29, 1.82) is 0 Å². The number of anilines is 1. The molecule has 0 radical (unpaired) electrons. The first-order valence-corrected chi connectivity index (χ1v) is 7.57. The summed E-state index contributed by atoms with van der Waals surface area (Å²) in [5, 5.41) is 3.01. The third kappa shape index (κ3) is 4.66. The fourth-order valence-electron chi connectivity index (χ4n) is 2.82. The Balaban J connectivity index is 0.00000132. The number of carbonyl (C=O) groups is 1. The lowest BCUT2D eigenvalue weighted by Crippen LogP contribution is -2.44. The number of amides is 1. The lowest BCUT2D eigenvalue weighted by Gasteiger charge is -2.20. The molecule has 1 aliphatic heterocycles. The van der Waals surface area contributed by atoms with Gasteiger partial charge >= 0.3 is 0 Å². The molecule has 1 saturated heterocycles. The molecule has 3 rings (SSSR count). The molecule has 2 fully saturated rings. The van der Waals surface area contributed by atoms with Crippen molar-refractivity contribution in [2.75, 3.05) is 31.6 Å². The van der Waals surface area contributed by atoms with Crippen molar-refractivity contribution in [3.63, 3.8) is 0 Å². The molecule has 0 spiro atoms. The maximum Gasteiger partial charge on any atom is 0.240 e. The molecular weight excluding hydrogens is 337 g/mol. The summed E-state index contributed by atoms with van der Waals surface area (Å²) in [7, 11) is 1.68. The number of hydrogen-bond donors (Lipinski definition) is 2. The monoisotopic (exact) mass is 361 g/mol. The molecule has 2 aliphatic rings. The number of benzene rings is 1. The summed E-state index contributed by atoms with van der Waals surface area (Å²) in [5.41, 5.74) is 6.51. The van der Waals surface area contributed by atoms with Crippen LogP contribution in [0.25, 0.3) is 0 Å². The largest absolute Gasteiger partial charge is 0.497 e.